The number of hydrogen-bond donors (Lipinski definition) is 2. The number of carbonyl (C=O) groups excluding carboxylic acids is 2. The second-order valence-electron chi connectivity index (χ2n) is 7.19. The highest BCUT2D eigenvalue weighted by molar-refractivity contribution is 5.94. The lowest BCUT2D eigenvalue weighted by atomic mass is 10.2. The van der Waals surface area contributed by atoms with Gasteiger partial charge in [0.2, 0.25) is 11.8 Å². The van der Waals surface area contributed by atoms with Crippen LogP contribution < -0.4 is 10.6 Å². The van der Waals surface area contributed by atoms with Crippen molar-refractivity contribution < 1.29 is 22.8 Å². The molecule has 1 unspecified atom stereocenters. The third-order valence-corrected chi connectivity index (χ3v) is 4.94. The normalized spacial score (nSPS) is 16.1. The smallest absolute Gasteiger partial charge is 0.241 e. The van der Waals surface area contributed by atoms with E-state index in [1.807, 2.05) is 9.80 Å². The molecule has 0 spiro atoms. The number of benzene rings is 2. The van der Waals surface area contributed by atoms with E-state index in [1.165, 1.54) is 18.2 Å². The fourth-order valence-corrected chi connectivity index (χ4v) is 3.32. The van der Waals surface area contributed by atoms with Crippen LogP contribution in [0.1, 0.15) is 6.92 Å². The first kappa shape index (κ1) is 21.8. The Labute approximate surface area is 172 Å². The molecule has 2 N–H and O–H groups in total. The van der Waals surface area contributed by atoms with Crippen LogP contribution in [0.25, 0.3) is 0 Å². The Morgan fingerprint density at radius 3 is 2.17 bits per heavy atom. The maximum absolute atomic E-state index is 13.3. The Hall–Kier alpha value is -2.91. The summed E-state index contributed by atoms with van der Waals surface area (Å²) in [6.45, 7) is 4.11. The Morgan fingerprint density at radius 1 is 0.900 bits per heavy atom. The number of anilines is 2. The highest BCUT2D eigenvalue weighted by atomic mass is 19.1. The molecule has 0 radical (unpaired) electrons. The Kier molecular flexibility index (Phi) is 7.07. The highest BCUT2D eigenvalue weighted by Gasteiger charge is 2.26. The van der Waals surface area contributed by atoms with Gasteiger partial charge in [-0.25, -0.2) is 13.2 Å². The molecule has 1 aliphatic heterocycles. The molecule has 1 saturated heterocycles. The monoisotopic (exact) mass is 420 g/mol. The zero-order valence-corrected chi connectivity index (χ0v) is 16.5. The van der Waals surface area contributed by atoms with Gasteiger partial charge in [0.1, 0.15) is 17.5 Å². The van der Waals surface area contributed by atoms with E-state index in [0.29, 0.717) is 31.9 Å². The standard InChI is InChI=1S/C21H23F3N4O2/c1-14(21(30)26-18-4-2-3-15(22)10-18)28-7-5-27(6-8-28)13-20(29)25-19-11-16(23)9-17(24)12-19/h2-4,9-12,14H,5-8,13H2,1H3,(H,25,29)(H,26,30). The van der Waals surface area contributed by atoms with Gasteiger partial charge in [0, 0.05) is 43.6 Å². The lowest BCUT2D eigenvalue weighted by Gasteiger charge is -2.37. The predicted molar refractivity (Wildman–Crippen MR) is 107 cm³/mol. The van der Waals surface area contributed by atoms with Gasteiger partial charge in [-0.1, -0.05) is 6.07 Å². The molecule has 2 aromatic rings. The largest absolute Gasteiger partial charge is 0.325 e. The van der Waals surface area contributed by atoms with Crippen molar-refractivity contribution in [1.82, 2.24) is 9.80 Å². The van der Waals surface area contributed by atoms with E-state index in [4.69, 9.17) is 0 Å². The van der Waals surface area contributed by atoms with Crippen LogP contribution >= 0.6 is 0 Å². The van der Waals surface area contributed by atoms with Gasteiger partial charge in [-0.05, 0) is 37.3 Å². The van der Waals surface area contributed by atoms with Gasteiger partial charge in [-0.2, -0.15) is 0 Å². The summed E-state index contributed by atoms with van der Waals surface area (Å²) in [5.74, 6) is -2.55. The van der Waals surface area contributed by atoms with Crippen LogP contribution in [0.4, 0.5) is 24.5 Å². The van der Waals surface area contributed by atoms with E-state index in [1.54, 1.807) is 13.0 Å². The molecule has 160 valence electrons. The molecule has 1 aliphatic rings. The number of halogens is 3. The lowest BCUT2D eigenvalue weighted by Crippen LogP contribution is -2.53. The maximum atomic E-state index is 13.3. The molecule has 2 amide bonds. The predicted octanol–water partition coefficient (Wildman–Crippen LogP) is 2.69. The van der Waals surface area contributed by atoms with Crippen LogP contribution in [-0.4, -0.2) is 60.4 Å². The third-order valence-electron chi connectivity index (χ3n) is 4.94. The van der Waals surface area contributed by atoms with E-state index in [9.17, 15) is 22.8 Å². The van der Waals surface area contributed by atoms with Crippen LogP contribution in [0.3, 0.4) is 0 Å². The molecule has 2 aromatic carbocycles. The van der Waals surface area contributed by atoms with Gasteiger partial charge in [0.15, 0.2) is 0 Å². The number of nitrogens with one attached hydrogen (secondary N) is 2. The lowest BCUT2D eigenvalue weighted by molar-refractivity contribution is -0.122. The van der Waals surface area contributed by atoms with E-state index < -0.39 is 23.5 Å². The van der Waals surface area contributed by atoms with Crippen LogP contribution in [-0.2, 0) is 9.59 Å². The van der Waals surface area contributed by atoms with Gasteiger partial charge >= 0.3 is 0 Å². The SMILES string of the molecule is CC(C(=O)Nc1cccc(F)c1)N1CCN(CC(=O)Nc2cc(F)cc(F)c2)CC1. The second kappa shape index (κ2) is 9.73. The quantitative estimate of drug-likeness (QED) is 0.754. The second-order valence-corrected chi connectivity index (χ2v) is 7.19. The van der Waals surface area contributed by atoms with Crippen molar-refractivity contribution in [2.24, 2.45) is 0 Å². The Bertz CT molecular complexity index is 897. The molecular weight excluding hydrogens is 397 g/mol. The molecular formula is C21H23F3N4O2. The van der Waals surface area contributed by atoms with Crippen LogP contribution in [0.2, 0.25) is 0 Å². The summed E-state index contributed by atoms with van der Waals surface area (Å²) in [4.78, 5) is 28.5. The van der Waals surface area contributed by atoms with Crippen molar-refractivity contribution in [3.63, 3.8) is 0 Å². The Morgan fingerprint density at radius 2 is 1.53 bits per heavy atom. The molecule has 9 heteroatoms. The van der Waals surface area contributed by atoms with Gasteiger partial charge < -0.3 is 10.6 Å². The number of carbonyl (C=O) groups is 2. The fourth-order valence-electron chi connectivity index (χ4n) is 3.32. The summed E-state index contributed by atoms with van der Waals surface area (Å²) >= 11 is 0. The molecule has 0 bridgehead atoms. The average Bonchev–Trinajstić information content (AvgIpc) is 2.67. The van der Waals surface area contributed by atoms with Crippen molar-refractivity contribution in [3.8, 4) is 0 Å². The molecule has 1 fully saturated rings. The van der Waals surface area contributed by atoms with Crippen molar-refractivity contribution >= 4 is 23.2 Å². The zero-order valence-electron chi connectivity index (χ0n) is 16.5. The Balaban J connectivity index is 1.45. The molecule has 30 heavy (non-hydrogen) atoms. The number of nitrogens with zero attached hydrogens (tertiary/aromatic N) is 2. The topological polar surface area (TPSA) is 64.7 Å². The fraction of sp³-hybridized carbons (Fsp3) is 0.333. The summed E-state index contributed by atoms with van der Waals surface area (Å²) in [6.07, 6.45) is 0. The minimum Gasteiger partial charge on any atom is -0.325 e. The first-order valence-corrected chi connectivity index (χ1v) is 9.59. The summed E-state index contributed by atoms with van der Waals surface area (Å²) in [7, 11) is 0. The number of rotatable bonds is 6. The van der Waals surface area contributed by atoms with E-state index in [2.05, 4.69) is 10.6 Å². The van der Waals surface area contributed by atoms with E-state index in [-0.39, 0.29) is 24.0 Å². The van der Waals surface area contributed by atoms with Crippen LogP contribution in [0.15, 0.2) is 42.5 Å². The summed E-state index contributed by atoms with van der Waals surface area (Å²) in [5.41, 5.74) is 0.467. The van der Waals surface area contributed by atoms with E-state index in [0.717, 1.165) is 18.2 Å². The molecule has 1 heterocycles. The average molecular weight is 420 g/mol. The number of piperazine rings is 1. The molecule has 0 aromatic heterocycles. The maximum Gasteiger partial charge on any atom is 0.241 e. The molecule has 0 aliphatic carbocycles. The number of hydrogen-bond acceptors (Lipinski definition) is 4. The summed E-state index contributed by atoms with van der Waals surface area (Å²) < 4.78 is 39.7. The molecule has 3 rings (SSSR count). The summed E-state index contributed by atoms with van der Waals surface area (Å²) in [5, 5.41) is 5.19. The van der Waals surface area contributed by atoms with Crippen molar-refractivity contribution in [3.05, 3.63) is 59.9 Å². The van der Waals surface area contributed by atoms with E-state index >= 15 is 0 Å². The first-order valence-electron chi connectivity index (χ1n) is 9.59. The van der Waals surface area contributed by atoms with Crippen molar-refractivity contribution in [2.75, 3.05) is 43.4 Å². The molecule has 1 atom stereocenters. The van der Waals surface area contributed by atoms with Crippen molar-refractivity contribution in [1.29, 1.82) is 0 Å². The van der Waals surface area contributed by atoms with Crippen LogP contribution in [0, 0.1) is 17.5 Å². The number of amides is 2. The minimum absolute atomic E-state index is 0.0683. The molecule has 6 nitrogen and oxygen atoms in total. The van der Waals surface area contributed by atoms with Crippen molar-refractivity contribution in [2.45, 2.75) is 13.0 Å². The van der Waals surface area contributed by atoms with Gasteiger partial charge in [-0.15, -0.1) is 0 Å². The zero-order chi connectivity index (χ0) is 21.7. The minimum atomic E-state index is -0.760. The third kappa shape index (κ3) is 6.04. The van der Waals surface area contributed by atoms with Crippen LogP contribution in [0.5, 0.6) is 0 Å². The first-order chi connectivity index (χ1) is 14.3. The van der Waals surface area contributed by atoms with Gasteiger partial charge in [0.05, 0.1) is 12.6 Å². The van der Waals surface area contributed by atoms with Gasteiger partial charge in [-0.3, -0.25) is 19.4 Å². The van der Waals surface area contributed by atoms with Gasteiger partial charge in [0.25, 0.3) is 0 Å². The summed E-state index contributed by atoms with van der Waals surface area (Å²) in [6, 6.07) is 8.13. The highest BCUT2D eigenvalue weighted by Crippen LogP contribution is 2.14. The molecule has 0 saturated carbocycles.